The minimum Gasteiger partial charge on any atom is -0.337 e. The van der Waals surface area contributed by atoms with Crippen molar-refractivity contribution in [3.63, 3.8) is 0 Å². The van der Waals surface area contributed by atoms with Crippen molar-refractivity contribution in [2.75, 3.05) is 4.90 Å². The zero-order chi connectivity index (χ0) is 14.6. The van der Waals surface area contributed by atoms with Gasteiger partial charge in [-0.3, -0.25) is 14.5 Å². The number of ketones is 1. The van der Waals surface area contributed by atoms with Gasteiger partial charge in [0.25, 0.3) is 11.7 Å². The Kier molecular flexibility index (Phi) is 2.48. The quantitative estimate of drug-likeness (QED) is 0.805. The maximum atomic E-state index is 12.1. The Hall–Kier alpha value is -2.50. The van der Waals surface area contributed by atoms with Crippen LogP contribution in [0.3, 0.4) is 0 Å². The summed E-state index contributed by atoms with van der Waals surface area (Å²) in [4.78, 5) is 29.8. The third kappa shape index (κ3) is 1.94. The largest absolute Gasteiger partial charge is 0.337 e. The molecule has 106 valence electrons. The number of amides is 1. The van der Waals surface area contributed by atoms with E-state index >= 15 is 0 Å². The van der Waals surface area contributed by atoms with Crippen LogP contribution >= 0.6 is 0 Å². The van der Waals surface area contributed by atoms with Crippen molar-refractivity contribution in [1.82, 2.24) is 10.1 Å². The van der Waals surface area contributed by atoms with Crippen LogP contribution in [-0.2, 0) is 11.3 Å². The summed E-state index contributed by atoms with van der Waals surface area (Å²) in [6.45, 7) is 2.03. The molecule has 1 aromatic carbocycles. The maximum absolute atomic E-state index is 12.1. The molecule has 6 nitrogen and oxygen atoms in total. The molecule has 1 fully saturated rings. The molecule has 0 spiro atoms. The van der Waals surface area contributed by atoms with Crippen LogP contribution in [0.1, 0.15) is 46.4 Å². The van der Waals surface area contributed by atoms with Crippen molar-refractivity contribution in [1.29, 1.82) is 0 Å². The van der Waals surface area contributed by atoms with Gasteiger partial charge in [-0.1, -0.05) is 16.8 Å². The van der Waals surface area contributed by atoms with Crippen molar-refractivity contribution in [2.24, 2.45) is 0 Å². The second-order valence-electron chi connectivity index (χ2n) is 5.56. The molecule has 0 bridgehead atoms. The average molecular weight is 283 g/mol. The number of Topliss-reactive ketones (excluding diaryl/α,β-unsaturated/α-hetero) is 1. The zero-order valence-electron chi connectivity index (χ0n) is 11.5. The van der Waals surface area contributed by atoms with E-state index in [9.17, 15) is 9.59 Å². The predicted molar refractivity (Wildman–Crippen MR) is 73.0 cm³/mol. The predicted octanol–water partition coefficient (Wildman–Crippen LogP) is 1.98. The molecule has 6 heteroatoms. The lowest BCUT2D eigenvalue weighted by Gasteiger charge is -2.13. The second-order valence-corrected chi connectivity index (χ2v) is 5.56. The highest BCUT2D eigenvalue weighted by Crippen LogP contribution is 2.38. The lowest BCUT2D eigenvalue weighted by Crippen LogP contribution is -2.29. The molecule has 0 saturated heterocycles. The van der Waals surface area contributed by atoms with Crippen molar-refractivity contribution in [2.45, 2.75) is 32.2 Å². The van der Waals surface area contributed by atoms with Crippen LogP contribution in [0, 0.1) is 6.92 Å². The minimum atomic E-state index is -0.540. The molecule has 1 amide bonds. The Morgan fingerprint density at radius 2 is 2.14 bits per heavy atom. The van der Waals surface area contributed by atoms with E-state index in [0.717, 1.165) is 18.4 Å². The van der Waals surface area contributed by atoms with Crippen molar-refractivity contribution in [3.8, 4) is 0 Å². The molecule has 4 rings (SSSR count). The van der Waals surface area contributed by atoms with E-state index in [-0.39, 0.29) is 6.54 Å². The maximum Gasteiger partial charge on any atom is 0.299 e. The first-order valence-corrected chi connectivity index (χ1v) is 6.93. The van der Waals surface area contributed by atoms with Crippen LogP contribution in [0.2, 0.25) is 0 Å². The molecule has 1 aliphatic heterocycles. The van der Waals surface area contributed by atoms with E-state index in [0.29, 0.717) is 28.9 Å². The molecule has 1 aromatic heterocycles. The van der Waals surface area contributed by atoms with E-state index in [1.165, 1.54) is 4.90 Å². The standard InChI is InChI=1S/C15H13N3O3/c1-8-2-5-11-10(6-8)13(19)15(20)18(11)7-12-16-14(17-21-12)9-3-4-9/h2,5-6,9H,3-4,7H2,1H3. The average Bonchev–Trinajstić information content (AvgIpc) is 3.18. The van der Waals surface area contributed by atoms with E-state index in [1.807, 2.05) is 13.0 Å². The fourth-order valence-electron chi connectivity index (χ4n) is 2.55. The van der Waals surface area contributed by atoms with Gasteiger partial charge in [-0.25, -0.2) is 0 Å². The highest BCUT2D eigenvalue weighted by molar-refractivity contribution is 6.52. The molecule has 2 aliphatic rings. The Bertz CT molecular complexity index is 761. The fourth-order valence-corrected chi connectivity index (χ4v) is 2.55. The SMILES string of the molecule is Cc1ccc2c(c1)C(=O)C(=O)N2Cc1nc(C2CC2)no1. The molecular weight excluding hydrogens is 270 g/mol. The summed E-state index contributed by atoms with van der Waals surface area (Å²) in [5.41, 5.74) is 2.01. The summed E-state index contributed by atoms with van der Waals surface area (Å²) in [6.07, 6.45) is 2.17. The number of anilines is 1. The molecule has 21 heavy (non-hydrogen) atoms. The lowest BCUT2D eigenvalue weighted by atomic mass is 10.1. The first kappa shape index (κ1) is 12.3. The topological polar surface area (TPSA) is 76.3 Å². The molecular formula is C15H13N3O3. The summed E-state index contributed by atoms with van der Waals surface area (Å²) >= 11 is 0. The third-order valence-electron chi connectivity index (χ3n) is 3.85. The summed E-state index contributed by atoms with van der Waals surface area (Å²) < 4.78 is 5.18. The second kappa shape index (κ2) is 4.25. The number of aromatic nitrogens is 2. The van der Waals surface area contributed by atoms with Crippen LogP contribution in [-0.4, -0.2) is 21.8 Å². The molecule has 0 radical (unpaired) electrons. The number of aryl methyl sites for hydroxylation is 1. The molecule has 0 N–H and O–H groups in total. The summed E-state index contributed by atoms with van der Waals surface area (Å²) in [5.74, 6) is 0.448. The van der Waals surface area contributed by atoms with Gasteiger partial charge in [0.05, 0.1) is 11.3 Å². The Morgan fingerprint density at radius 1 is 1.33 bits per heavy atom. The summed E-state index contributed by atoms with van der Waals surface area (Å²) in [5, 5.41) is 3.93. The van der Waals surface area contributed by atoms with Crippen LogP contribution < -0.4 is 4.90 Å². The van der Waals surface area contributed by atoms with Gasteiger partial charge in [0, 0.05) is 5.92 Å². The molecule has 1 aliphatic carbocycles. The van der Waals surface area contributed by atoms with Crippen molar-refractivity contribution in [3.05, 3.63) is 41.0 Å². The van der Waals surface area contributed by atoms with Gasteiger partial charge < -0.3 is 4.52 Å². The fraction of sp³-hybridized carbons (Fsp3) is 0.333. The van der Waals surface area contributed by atoms with Gasteiger partial charge in [-0.05, 0) is 31.9 Å². The van der Waals surface area contributed by atoms with E-state index < -0.39 is 11.7 Å². The van der Waals surface area contributed by atoms with Gasteiger partial charge in [-0.2, -0.15) is 4.98 Å². The van der Waals surface area contributed by atoms with Gasteiger partial charge in [0.15, 0.2) is 5.82 Å². The molecule has 2 heterocycles. The van der Waals surface area contributed by atoms with Gasteiger partial charge in [0.1, 0.15) is 6.54 Å². The highest BCUT2D eigenvalue weighted by Gasteiger charge is 2.37. The Morgan fingerprint density at radius 3 is 2.90 bits per heavy atom. The normalized spacial score (nSPS) is 17.5. The Labute approximate surface area is 120 Å². The van der Waals surface area contributed by atoms with E-state index in [4.69, 9.17) is 4.52 Å². The summed E-state index contributed by atoms with van der Waals surface area (Å²) in [6, 6.07) is 5.39. The first-order chi connectivity index (χ1) is 10.1. The summed E-state index contributed by atoms with van der Waals surface area (Å²) in [7, 11) is 0. The number of carbonyl (C=O) groups is 2. The van der Waals surface area contributed by atoms with Crippen LogP contribution in [0.5, 0.6) is 0 Å². The Balaban J connectivity index is 1.65. The first-order valence-electron chi connectivity index (χ1n) is 6.93. The number of hydrogen-bond acceptors (Lipinski definition) is 5. The number of hydrogen-bond donors (Lipinski definition) is 0. The zero-order valence-corrected chi connectivity index (χ0v) is 11.5. The van der Waals surface area contributed by atoms with Crippen LogP contribution in [0.25, 0.3) is 0 Å². The van der Waals surface area contributed by atoms with Crippen LogP contribution in [0.4, 0.5) is 5.69 Å². The third-order valence-corrected chi connectivity index (χ3v) is 3.85. The lowest BCUT2D eigenvalue weighted by molar-refractivity contribution is -0.114. The van der Waals surface area contributed by atoms with E-state index in [2.05, 4.69) is 10.1 Å². The molecule has 0 atom stereocenters. The molecule has 2 aromatic rings. The number of fused-ring (bicyclic) bond motifs is 1. The highest BCUT2D eigenvalue weighted by atomic mass is 16.5. The number of rotatable bonds is 3. The van der Waals surface area contributed by atoms with Gasteiger partial charge in [0.2, 0.25) is 5.89 Å². The van der Waals surface area contributed by atoms with Crippen molar-refractivity contribution >= 4 is 17.4 Å². The van der Waals surface area contributed by atoms with E-state index in [1.54, 1.807) is 12.1 Å². The monoisotopic (exact) mass is 283 g/mol. The number of benzene rings is 1. The minimum absolute atomic E-state index is 0.139. The smallest absolute Gasteiger partial charge is 0.299 e. The molecule has 0 unspecified atom stereocenters. The number of nitrogens with zero attached hydrogens (tertiary/aromatic N) is 3. The molecule has 1 saturated carbocycles. The van der Waals surface area contributed by atoms with Crippen molar-refractivity contribution < 1.29 is 14.1 Å². The van der Waals surface area contributed by atoms with Gasteiger partial charge >= 0.3 is 0 Å². The van der Waals surface area contributed by atoms with Crippen LogP contribution in [0.15, 0.2) is 22.7 Å². The number of carbonyl (C=O) groups excluding carboxylic acids is 2. The van der Waals surface area contributed by atoms with Gasteiger partial charge in [-0.15, -0.1) is 0 Å².